The van der Waals surface area contributed by atoms with Crippen molar-refractivity contribution < 1.29 is 4.74 Å². The molecule has 0 bridgehead atoms. The number of hydrogen-bond acceptors (Lipinski definition) is 4. The maximum absolute atomic E-state index is 5.88. The number of pyridine rings is 1. The van der Waals surface area contributed by atoms with Crippen molar-refractivity contribution in [1.82, 2.24) is 4.98 Å². The highest BCUT2D eigenvalue weighted by molar-refractivity contribution is 5.45. The average molecular weight is 221 g/mol. The summed E-state index contributed by atoms with van der Waals surface area (Å²) in [5, 5.41) is 3.50. The second kappa shape index (κ2) is 5.16. The third-order valence-electron chi connectivity index (χ3n) is 3.09. The van der Waals surface area contributed by atoms with Crippen LogP contribution in [0.5, 0.6) is 5.88 Å². The summed E-state index contributed by atoms with van der Waals surface area (Å²) in [4.78, 5) is 4.08. The summed E-state index contributed by atoms with van der Waals surface area (Å²) in [6, 6.07) is 4.82. The van der Waals surface area contributed by atoms with E-state index in [1.54, 1.807) is 13.3 Å². The van der Waals surface area contributed by atoms with E-state index in [0.29, 0.717) is 18.0 Å². The van der Waals surface area contributed by atoms with Gasteiger partial charge in [-0.3, -0.25) is 0 Å². The second-order valence-corrected chi connectivity index (χ2v) is 4.34. The minimum Gasteiger partial charge on any atom is -0.481 e. The molecule has 0 saturated heterocycles. The summed E-state index contributed by atoms with van der Waals surface area (Å²) in [5.74, 6) is 0.650. The van der Waals surface area contributed by atoms with Gasteiger partial charge in [0, 0.05) is 30.0 Å². The van der Waals surface area contributed by atoms with E-state index in [0.717, 1.165) is 31.4 Å². The summed E-state index contributed by atoms with van der Waals surface area (Å²) in [5.41, 5.74) is 6.95. The Morgan fingerprint density at radius 3 is 2.81 bits per heavy atom. The number of rotatable bonds is 3. The molecule has 0 spiro atoms. The van der Waals surface area contributed by atoms with Crippen molar-refractivity contribution in [1.29, 1.82) is 0 Å². The van der Waals surface area contributed by atoms with Gasteiger partial charge >= 0.3 is 0 Å². The minimum absolute atomic E-state index is 0.394. The molecule has 0 atom stereocenters. The molecule has 1 aliphatic carbocycles. The molecule has 16 heavy (non-hydrogen) atoms. The predicted molar refractivity (Wildman–Crippen MR) is 64.6 cm³/mol. The number of nitrogens with zero attached hydrogens (tertiary/aromatic N) is 1. The smallest absolute Gasteiger partial charge is 0.214 e. The summed E-state index contributed by atoms with van der Waals surface area (Å²) in [6.07, 6.45) is 6.27. The molecule has 1 fully saturated rings. The van der Waals surface area contributed by atoms with Gasteiger partial charge in [0.25, 0.3) is 0 Å². The Morgan fingerprint density at radius 2 is 2.12 bits per heavy atom. The fraction of sp³-hybridized carbons (Fsp3) is 0.583. The van der Waals surface area contributed by atoms with E-state index >= 15 is 0 Å². The maximum Gasteiger partial charge on any atom is 0.214 e. The van der Waals surface area contributed by atoms with E-state index in [2.05, 4.69) is 10.3 Å². The molecule has 1 saturated carbocycles. The Balaban J connectivity index is 1.93. The Morgan fingerprint density at radius 1 is 1.38 bits per heavy atom. The third-order valence-corrected chi connectivity index (χ3v) is 3.09. The monoisotopic (exact) mass is 221 g/mol. The molecule has 1 aromatic rings. The fourth-order valence-corrected chi connectivity index (χ4v) is 2.11. The van der Waals surface area contributed by atoms with Gasteiger partial charge in [-0.05, 0) is 31.7 Å². The number of nitrogens with two attached hydrogens (primary N) is 1. The molecule has 1 aromatic heterocycles. The predicted octanol–water partition coefficient (Wildman–Crippen LogP) is 1.77. The lowest BCUT2D eigenvalue weighted by Gasteiger charge is -2.27. The zero-order valence-corrected chi connectivity index (χ0v) is 9.65. The molecule has 1 aliphatic rings. The lowest BCUT2D eigenvalue weighted by molar-refractivity contribution is 0.397. The summed E-state index contributed by atoms with van der Waals surface area (Å²) in [7, 11) is 1.63. The first kappa shape index (κ1) is 11.2. The van der Waals surface area contributed by atoms with Gasteiger partial charge < -0.3 is 15.8 Å². The summed E-state index contributed by atoms with van der Waals surface area (Å²) in [6.45, 7) is 0. The lowest BCUT2D eigenvalue weighted by Crippen LogP contribution is -2.32. The van der Waals surface area contributed by atoms with Gasteiger partial charge in [0.05, 0.1) is 7.11 Å². The van der Waals surface area contributed by atoms with Gasteiger partial charge in [0.1, 0.15) is 0 Å². The highest BCUT2D eigenvalue weighted by atomic mass is 16.5. The standard InChI is InChI=1S/C12H19N3O/c1-16-12-8-11(6-7-14-12)15-10-4-2-9(13)3-5-10/h6-10H,2-5,13H2,1H3,(H,14,15). The van der Waals surface area contributed by atoms with Crippen LogP contribution in [0.4, 0.5) is 5.69 Å². The van der Waals surface area contributed by atoms with Gasteiger partial charge in [-0.15, -0.1) is 0 Å². The Hall–Kier alpha value is -1.29. The first-order valence-electron chi connectivity index (χ1n) is 5.80. The number of nitrogens with one attached hydrogen (secondary N) is 1. The van der Waals surface area contributed by atoms with Gasteiger partial charge in [-0.2, -0.15) is 0 Å². The Bertz CT molecular complexity index is 335. The second-order valence-electron chi connectivity index (χ2n) is 4.34. The largest absolute Gasteiger partial charge is 0.481 e. The molecular formula is C12H19N3O. The van der Waals surface area contributed by atoms with Gasteiger partial charge in [0.15, 0.2) is 0 Å². The van der Waals surface area contributed by atoms with Crippen molar-refractivity contribution in [3.63, 3.8) is 0 Å². The van der Waals surface area contributed by atoms with Crippen molar-refractivity contribution in [2.75, 3.05) is 12.4 Å². The third kappa shape index (κ3) is 2.85. The molecule has 0 radical (unpaired) electrons. The topological polar surface area (TPSA) is 60.2 Å². The maximum atomic E-state index is 5.88. The first-order valence-corrected chi connectivity index (χ1v) is 5.80. The summed E-state index contributed by atoms with van der Waals surface area (Å²) < 4.78 is 5.09. The molecular weight excluding hydrogens is 202 g/mol. The zero-order chi connectivity index (χ0) is 11.4. The zero-order valence-electron chi connectivity index (χ0n) is 9.65. The molecule has 88 valence electrons. The van der Waals surface area contributed by atoms with Crippen LogP contribution in [-0.2, 0) is 0 Å². The van der Waals surface area contributed by atoms with Crippen molar-refractivity contribution in [2.24, 2.45) is 5.73 Å². The van der Waals surface area contributed by atoms with E-state index in [4.69, 9.17) is 10.5 Å². The summed E-state index contributed by atoms with van der Waals surface area (Å²) >= 11 is 0. The molecule has 0 aliphatic heterocycles. The van der Waals surface area contributed by atoms with Crippen molar-refractivity contribution in [3.05, 3.63) is 18.3 Å². The SMILES string of the molecule is COc1cc(NC2CCC(N)CC2)ccn1. The van der Waals surface area contributed by atoms with E-state index in [1.165, 1.54) is 0 Å². The number of hydrogen-bond donors (Lipinski definition) is 2. The highest BCUT2D eigenvalue weighted by Crippen LogP contribution is 2.22. The molecule has 0 aromatic carbocycles. The van der Waals surface area contributed by atoms with Crippen molar-refractivity contribution in [2.45, 2.75) is 37.8 Å². The Kier molecular flexibility index (Phi) is 3.62. The van der Waals surface area contributed by atoms with Crippen LogP contribution in [0.1, 0.15) is 25.7 Å². The molecule has 0 unspecified atom stereocenters. The molecule has 3 N–H and O–H groups in total. The van der Waals surface area contributed by atoms with Crippen LogP contribution in [0.2, 0.25) is 0 Å². The number of ether oxygens (including phenoxy) is 1. The first-order chi connectivity index (χ1) is 7.78. The van der Waals surface area contributed by atoms with Crippen LogP contribution >= 0.6 is 0 Å². The number of aromatic nitrogens is 1. The fourth-order valence-electron chi connectivity index (χ4n) is 2.11. The van der Waals surface area contributed by atoms with Crippen LogP contribution in [0, 0.1) is 0 Å². The van der Waals surface area contributed by atoms with E-state index in [-0.39, 0.29) is 0 Å². The normalized spacial score (nSPS) is 25.1. The molecule has 0 amide bonds. The molecule has 4 heteroatoms. The van der Waals surface area contributed by atoms with Crippen molar-refractivity contribution >= 4 is 5.69 Å². The highest BCUT2D eigenvalue weighted by Gasteiger charge is 2.18. The van der Waals surface area contributed by atoms with E-state index < -0.39 is 0 Å². The molecule has 4 nitrogen and oxygen atoms in total. The van der Waals surface area contributed by atoms with Crippen molar-refractivity contribution in [3.8, 4) is 5.88 Å². The molecule has 1 heterocycles. The average Bonchev–Trinajstić information content (AvgIpc) is 2.32. The van der Waals surface area contributed by atoms with Crippen LogP contribution in [0.25, 0.3) is 0 Å². The van der Waals surface area contributed by atoms with Gasteiger partial charge in [0.2, 0.25) is 5.88 Å². The van der Waals surface area contributed by atoms with Crippen LogP contribution < -0.4 is 15.8 Å². The van der Waals surface area contributed by atoms with E-state index in [1.807, 2.05) is 12.1 Å². The number of methoxy groups -OCH3 is 1. The van der Waals surface area contributed by atoms with E-state index in [9.17, 15) is 0 Å². The Labute approximate surface area is 96.2 Å². The van der Waals surface area contributed by atoms with Crippen LogP contribution in [0.3, 0.4) is 0 Å². The lowest BCUT2D eigenvalue weighted by atomic mass is 9.92. The molecule has 2 rings (SSSR count). The van der Waals surface area contributed by atoms with Gasteiger partial charge in [-0.1, -0.05) is 0 Å². The number of anilines is 1. The minimum atomic E-state index is 0.394. The van der Waals surface area contributed by atoms with Crippen LogP contribution in [-0.4, -0.2) is 24.2 Å². The van der Waals surface area contributed by atoms with Gasteiger partial charge in [-0.25, -0.2) is 4.98 Å². The van der Waals surface area contributed by atoms with Crippen LogP contribution in [0.15, 0.2) is 18.3 Å². The quantitative estimate of drug-likeness (QED) is 0.816.